The minimum Gasteiger partial charge on any atom is -0.348 e. The third kappa shape index (κ3) is 6.51. The molecule has 0 radical (unpaired) electrons. The first-order valence-electron chi connectivity index (χ1n) is 8.35. The van der Waals surface area contributed by atoms with Gasteiger partial charge in [0.25, 0.3) is 5.91 Å². The molecule has 2 rings (SSSR count). The van der Waals surface area contributed by atoms with Gasteiger partial charge < -0.3 is 10.0 Å². The molecule has 0 spiro atoms. The first kappa shape index (κ1) is 18.9. The maximum Gasteiger partial charge on any atom is 0.251 e. The van der Waals surface area contributed by atoms with E-state index in [1.807, 2.05) is 49.4 Å². The van der Waals surface area contributed by atoms with Crippen LogP contribution < -0.4 is 10.0 Å². The zero-order valence-corrected chi connectivity index (χ0v) is 15.3. The van der Waals surface area contributed by atoms with E-state index in [1.54, 1.807) is 18.0 Å². The lowest BCUT2D eigenvalue weighted by Gasteiger charge is -2.10. The SMILES string of the molecule is C=C/C=C\C(=C/C)CNC(=O)c1ccc(SNC2=CCCC=C2)cc1. The summed E-state index contributed by atoms with van der Waals surface area (Å²) in [5.41, 5.74) is 2.83. The Kier molecular flexibility index (Phi) is 7.86. The van der Waals surface area contributed by atoms with Gasteiger partial charge in [0.15, 0.2) is 0 Å². The van der Waals surface area contributed by atoms with Gasteiger partial charge >= 0.3 is 0 Å². The molecule has 130 valence electrons. The van der Waals surface area contributed by atoms with Crippen molar-refractivity contribution in [3.63, 3.8) is 0 Å². The van der Waals surface area contributed by atoms with Gasteiger partial charge in [0.05, 0.1) is 0 Å². The molecule has 1 aliphatic rings. The van der Waals surface area contributed by atoms with Gasteiger partial charge in [-0.3, -0.25) is 4.79 Å². The molecule has 1 amide bonds. The van der Waals surface area contributed by atoms with Crippen LogP contribution in [0.2, 0.25) is 0 Å². The monoisotopic (exact) mass is 352 g/mol. The van der Waals surface area contributed by atoms with E-state index in [1.165, 1.54) is 0 Å². The number of allylic oxidation sites excluding steroid dienone is 6. The molecule has 25 heavy (non-hydrogen) atoms. The lowest BCUT2D eigenvalue weighted by Crippen LogP contribution is -2.25. The van der Waals surface area contributed by atoms with E-state index in [0.717, 1.165) is 29.0 Å². The zero-order chi connectivity index (χ0) is 17.9. The number of amides is 1. The summed E-state index contributed by atoms with van der Waals surface area (Å²) < 4.78 is 3.32. The Labute approximate surface area is 154 Å². The first-order valence-corrected chi connectivity index (χ1v) is 9.16. The molecular weight excluding hydrogens is 328 g/mol. The second-order valence-electron chi connectivity index (χ2n) is 5.51. The molecule has 0 heterocycles. The van der Waals surface area contributed by atoms with Crippen molar-refractivity contribution >= 4 is 17.9 Å². The Balaban J connectivity index is 1.85. The molecule has 0 bridgehead atoms. The fourth-order valence-electron chi connectivity index (χ4n) is 2.21. The van der Waals surface area contributed by atoms with E-state index in [2.05, 4.69) is 34.8 Å². The molecule has 0 saturated heterocycles. The Morgan fingerprint density at radius 3 is 2.72 bits per heavy atom. The summed E-state index contributed by atoms with van der Waals surface area (Å²) in [7, 11) is 0. The first-order chi connectivity index (χ1) is 12.2. The highest BCUT2D eigenvalue weighted by molar-refractivity contribution is 7.97. The standard InChI is InChI=1S/C21H24N2OS/c1-3-5-9-17(4-2)16-22-21(24)18-12-14-20(15-13-18)25-23-19-10-7-6-8-11-19/h3-5,7,9-15,23H,1,6,8,16H2,2H3,(H,22,24)/b9-5-,17-4+. The summed E-state index contributed by atoms with van der Waals surface area (Å²) in [5, 5.41) is 2.93. The van der Waals surface area contributed by atoms with Crippen molar-refractivity contribution < 1.29 is 4.79 Å². The zero-order valence-electron chi connectivity index (χ0n) is 14.5. The van der Waals surface area contributed by atoms with Crippen LogP contribution in [0, 0.1) is 0 Å². The molecule has 2 N–H and O–H groups in total. The molecule has 1 aliphatic carbocycles. The van der Waals surface area contributed by atoms with Crippen LogP contribution in [0.3, 0.4) is 0 Å². The van der Waals surface area contributed by atoms with Crippen molar-refractivity contribution in [2.75, 3.05) is 6.54 Å². The summed E-state index contributed by atoms with van der Waals surface area (Å²) in [4.78, 5) is 13.3. The lowest BCUT2D eigenvalue weighted by molar-refractivity contribution is 0.0957. The fraction of sp³-hybridized carbons (Fsp3) is 0.190. The predicted octanol–water partition coefficient (Wildman–Crippen LogP) is 4.94. The Morgan fingerprint density at radius 1 is 1.28 bits per heavy atom. The van der Waals surface area contributed by atoms with Gasteiger partial charge in [-0.15, -0.1) is 0 Å². The number of rotatable bonds is 8. The molecule has 1 aromatic rings. The van der Waals surface area contributed by atoms with E-state index in [4.69, 9.17) is 0 Å². The molecule has 1 aromatic carbocycles. The minimum atomic E-state index is -0.0752. The van der Waals surface area contributed by atoms with Crippen LogP contribution in [0.15, 0.2) is 89.5 Å². The van der Waals surface area contributed by atoms with E-state index in [-0.39, 0.29) is 5.91 Å². The summed E-state index contributed by atoms with van der Waals surface area (Å²) in [6, 6.07) is 7.60. The van der Waals surface area contributed by atoms with Crippen LogP contribution in [-0.4, -0.2) is 12.5 Å². The maximum absolute atomic E-state index is 12.2. The number of carbonyl (C=O) groups excluding carboxylic acids is 1. The highest BCUT2D eigenvalue weighted by Crippen LogP contribution is 2.18. The topological polar surface area (TPSA) is 41.1 Å². The molecule has 4 heteroatoms. The molecule has 3 nitrogen and oxygen atoms in total. The van der Waals surface area contributed by atoms with Crippen molar-refractivity contribution in [2.45, 2.75) is 24.7 Å². The average molecular weight is 353 g/mol. The van der Waals surface area contributed by atoms with Crippen molar-refractivity contribution in [3.05, 3.63) is 90.2 Å². The van der Waals surface area contributed by atoms with E-state index < -0.39 is 0 Å². The predicted molar refractivity (Wildman–Crippen MR) is 107 cm³/mol. The quantitative estimate of drug-likeness (QED) is 0.514. The molecule has 0 saturated carbocycles. The Bertz CT molecular complexity index is 712. The number of hydrogen-bond donors (Lipinski definition) is 2. The van der Waals surface area contributed by atoms with Gasteiger partial charge in [0.1, 0.15) is 0 Å². The van der Waals surface area contributed by atoms with Gasteiger partial charge in [-0.1, -0.05) is 43.0 Å². The Morgan fingerprint density at radius 2 is 2.08 bits per heavy atom. The highest BCUT2D eigenvalue weighted by Gasteiger charge is 2.06. The molecular formula is C21H24N2OS. The van der Waals surface area contributed by atoms with Gasteiger partial charge in [-0.25, -0.2) is 0 Å². The smallest absolute Gasteiger partial charge is 0.251 e. The minimum absolute atomic E-state index is 0.0752. The lowest BCUT2D eigenvalue weighted by atomic mass is 10.2. The van der Waals surface area contributed by atoms with Crippen LogP contribution >= 0.6 is 11.9 Å². The second-order valence-corrected chi connectivity index (χ2v) is 6.39. The van der Waals surface area contributed by atoms with Gasteiger partial charge in [0.2, 0.25) is 0 Å². The Hall–Kier alpha value is -2.46. The summed E-state index contributed by atoms with van der Waals surface area (Å²) >= 11 is 1.55. The fourth-order valence-corrected chi connectivity index (χ4v) is 2.87. The molecule has 0 atom stereocenters. The number of nitrogens with one attached hydrogen (secondary N) is 2. The highest BCUT2D eigenvalue weighted by atomic mass is 32.2. The van der Waals surface area contributed by atoms with Crippen molar-refractivity contribution in [2.24, 2.45) is 0 Å². The summed E-state index contributed by atoms with van der Waals surface area (Å²) in [5.74, 6) is -0.0752. The van der Waals surface area contributed by atoms with Crippen LogP contribution in [0.1, 0.15) is 30.1 Å². The third-order valence-electron chi connectivity index (χ3n) is 3.67. The summed E-state index contributed by atoms with van der Waals surface area (Å²) in [6.45, 7) is 6.09. The van der Waals surface area contributed by atoms with Crippen molar-refractivity contribution in [1.82, 2.24) is 10.0 Å². The van der Waals surface area contributed by atoms with Crippen LogP contribution in [0.25, 0.3) is 0 Å². The molecule has 0 aliphatic heterocycles. The number of benzene rings is 1. The number of hydrogen-bond acceptors (Lipinski definition) is 3. The normalized spacial score (nSPS) is 14.3. The average Bonchev–Trinajstić information content (AvgIpc) is 2.67. The molecule has 0 fully saturated rings. The van der Waals surface area contributed by atoms with Gasteiger partial charge in [-0.05, 0) is 67.6 Å². The summed E-state index contributed by atoms with van der Waals surface area (Å²) in [6.07, 6.45) is 16.1. The third-order valence-corrected chi connectivity index (χ3v) is 4.51. The van der Waals surface area contributed by atoms with E-state index in [9.17, 15) is 4.79 Å². The van der Waals surface area contributed by atoms with Gasteiger partial charge in [-0.2, -0.15) is 0 Å². The van der Waals surface area contributed by atoms with E-state index >= 15 is 0 Å². The van der Waals surface area contributed by atoms with Crippen molar-refractivity contribution in [3.8, 4) is 0 Å². The maximum atomic E-state index is 12.2. The van der Waals surface area contributed by atoms with Crippen LogP contribution in [0.5, 0.6) is 0 Å². The second kappa shape index (κ2) is 10.4. The largest absolute Gasteiger partial charge is 0.348 e. The van der Waals surface area contributed by atoms with Crippen molar-refractivity contribution in [1.29, 1.82) is 0 Å². The molecule has 0 aromatic heterocycles. The van der Waals surface area contributed by atoms with Crippen LogP contribution in [-0.2, 0) is 0 Å². The molecule has 0 unspecified atom stereocenters. The van der Waals surface area contributed by atoms with Crippen LogP contribution in [0.4, 0.5) is 0 Å². The van der Waals surface area contributed by atoms with E-state index in [0.29, 0.717) is 12.1 Å². The number of carbonyl (C=O) groups is 1. The van der Waals surface area contributed by atoms with Gasteiger partial charge in [0, 0.05) is 22.7 Å².